The Balaban J connectivity index is 2.67. The van der Waals surface area contributed by atoms with Crippen LogP contribution < -0.4 is 14.8 Å². The highest BCUT2D eigenvalue weighted by atomic mass is 16.6. The molecule has 110 valence electrons. The van der Waals surface area contributed by atoms with E-state index in [1.54, 1.807) is 0 Å². The topological polar surface area (TPSA) is 90.7 Å². The Hall–Kier alpha value is -2.31. The first-order chi connectivity index (χ1) is 9.43. The van der Waals surface area contributed by atoms with Crippen LogP contribution in [0.3, 0.4) is 0 Å². The number of nitro benzene ring substituents is 1. The molecule has 0 atom stereocenters. The summed E-state index contributed by atoms with van der Waals surface area (Å²) >= 11 is 0. The minimum atomic E-state index is -0.579. The van der Waals surface area contributed by atoms with Gasteiger partial charge in [-0.1, -0.05) is 13.8 Å². The molecule has 0 unspecified atom stereocenters. The third-order valence-electron chi connectivity index (χ3n) is 2.43. The second-order valence-corrected chi connectivity index (χ2v) is 4.58. The van der Waals surface area contributed by atoms with E-state index in [-0.39, 0.29) is 24.0 Å². The zero-order chi connectivity index (χ0) is 15.1. The molecule has 0 aromatic heterocycles. The third-order valence-corrected chi connectivity index (χ3v) is 2.43. The smallest absolute Gasteiger partial charge is 0.314 e. The summed E-state index contributed by atoms with van der Waals surface area (Å²) in [6, 6.07) is 4.20. The lowest BCUT2D eigenvalue weighted by Gasteiger charge is -2.09. The van der Waals surface area contributed by atoms with Crippen molar-refractivity contribution < 1.29 is 19.2 Å². The Bertz CT molecular complexity index is 488. The highest BCUT2D eigenvalue weighted by Crippen LogP contribution is 2.30. The van der Waals surface area contributed by atoms with E-state index in [2.05, 4.69) is 5.32 Å². The standard InChI is InChI=1S/C13H18N2O5/c1-9(2)7-14-13(16)8-20-12-5-4-10(19-3)6-11(12)15(17)18/h4-6,9H,7-8H2,1-3H3,(H,14,16). The molecule has 7 heteroatoms. The molecular formula is C13H18N2O5. The van der Waals surface area contributed by atoms with Gasteiger partial charge in [-0.25, -0.2) is 0 Å². The second-order valence-electron chi connectivity index (χ2n) is 4.58. The minimum absolute atomic E-state index is 0.0375. The molecule has 0 aliphatic rings. The van der Waals surface area contributed by atoms with Gasteiger partial charge in [0.2, 0.25) is 0 Å². The van der Waals surface area contributed by atoms with Crippen LogP contribution in [0.5, 0.6) is 11.5 Å². The largest absolute Gasteiger partial charge is 0.496 e. The van der Waals surface area contributed by atoms with Gasteiger partial charge < -0.3 is 14.8 Å². The average molecular weight is 282 g/mol. The highest BCUT2D eigenvalue weighted by Gasteiger charge is 2.17. The lowest BCUT2D eigenvalue weighted by Crippen LogP contribution is -2.31. The average Bonchev–Trinajstić information content (AvgIpc) is 2.42. The maximum Gasteiger partial charge on any atom is 0.314 e. The number of amides is 1. The van der Waals surface area contributed by atoms with E-state index in [0.717, 1.165) is 0 Å². The molecule has 1 N–H and O–H groups in total. The zero-order valence-corrected chi connectivity index (χ0v) is 11.7. The SMILES string of the molecule is COc1ccc(OCC(=O)NCC(C)C)c([N+](=O)[O-])c1. The minimum Gasteiger partial charge on any atom is -0.496 e. The molecule has 0 aliphatic heterocycles. The quantitative estimate of drug-likeness (QED) is 0.607. The number of hydrogen-bond donors (Lipinski definition) is 1. The van der Waals surface area contributed by atoms with Crippen molar-refractivity contribution in [2.75, 3.05) is 20.3 Å². The van der Waals surface area contributed by atoms with E-state index >= 15 is 0 Å². The first-order valence-electron chi connectivity index (χ1n) is 6.16. The number of nitrogens with one attached hydrogen (secondary N) is 1. The fraction of sp³-hybridized carbons (Fsp3) is 0.462. The monoisotopic (exact) mass is 282 g/mol. The van der Waals surface area contributed by atoms with E-state index in [4.69, 9.17) is 9.47 Å². The predicted octanol–water partition coefficient (Wildman–Crippen LogP) is 1.75. The van der Waals surface area contributed by atoms with Gasteiger partial charge in [0.05, 0.1) is 18.1 Å². The summed E-state index contributed by atoms with van der Waals surface area (Å²) in [4.78, 5) is 21.8. The number of carbonyl (C=O) groups excluding carboxylic acids is 1. The fourth-order valence-electron chi connectivity index (χ4n) is 1.40. The molecule has 0 spiro atoms. The summed E-state index contributed by atoms with van der Waals surface area (Å²) in [5.74, 6) is 0.405. The van der Waals surface area contributed by atoms with Gasteiger partial charge in [0.25, 0.3) is 5.91 Å². The van der Waals surface area contributed by atoms with Crippen LogP contribution >= 0.6 is 0 Å². The number of carbonyl (C=O) groups is 1. The summed E-state index contributed by atoms with van der Waals surface area (Å²) in [5, 5.41) is 13.6. The molecule has 1 aromatic carbocycles. The van der Waals surface area contributed by atoms with Crippen molar-refractivity contribution in [1.82, 2.24) is 5.32 Å². The Labute approximate surface area is 117 Å². The van der Waals surface area contributed by atoms with Crippen molar-refractivity contribution in [2.24, 2.45) is 5.92 Å². The maximum absolute atomic E-state index is 11.5. The molecule has 0 fully saturated rings. The Kier molecular flexibility index (Phi) is 5.76. The Morgan fingerprint density at radius 1 is 1.45 bits per heavy atom. The van der Waals surface area contributed by atoms with Crippen molar-refractivity contribution in [3.63, 3.8) is 0 Å². The number of rotatable bonds is 7. The molecule has 0 bridgehead atoms. The molecule has 1 rings (SSSR count). The Morgan fingerprint density at radius 2 is 2.15 bits per heavy atom. The third kappa shape index (κ3) is 4.75. The van der Waals surface area contributed by atoms with E-state index in [9.17, 15) is 14.9 Å². The molecule has 0 saturated carbocycles. The molecule has 1 amide bonds. The van der Waals surface area contributed by atoms with Crippen molar-refractivity contribution in [3.05, 3.63) is 28.3 Å². The van der Waals surface area contributed by atoms with Crippen LogP contribution in [0.2, 0.25) is 0 Å². The van der Waals surface area contributed by atoms with Gasteiger partial charge in [-0.15, -0.1) is 0 Å². The molecule has 0 aliphatic carbocycles. The number of benzene rings is 1. The van der Waals surface area contributed by atoms with Crippen LogP contribution in [0.1, 0.15) is 13.8 Å². The highest BCUT2D eigenvalue weighted by molar-refractivity contribution is 5.77. The van der Waals surface area contributed by atoms with Gasteiger partial charge in [0, 0.05) is 6.54 Å². The van der Waals surface area contributed by atoms with E-state index in [0.29, 0.717) is 18.2 Å². The van der Waals surface area contributed by atoms with Gasteiger partial charge >= 0.3 is 5.69 Å². The van der Waals surface area contributed by atoms with Crippen LogP contribution in [0.25, 0.3) is 0 Å². The number of hydrogen-bond acceptors (Lipinski definition) is 5. The summed E-state index contributed by atoms with van der Waals surface area (Å²) in [6.07, 6.45) is 0. The molecule has 7 nitrogen and oxygen atoms in total. The van der Waals surface area contributed by atoms with Crippen molar-refractivity contribution in [2.45, 2.75) is 13.8 Å². The first kappa shape index (κ1) is 15.7. The van der Waals surface area contributed by atoms with Gasteiger partial charge in [-0.05, 0) is 18.1 Å². The maximum atomic E-state index is 11.5. The van der Waals surface area contributed by atoms with Crippen LogP contribution in [-0.4, -0.2) is 31.1 Å². The van der Waals surface area contributed by atoms with Gasteiger partial charge in [-0.2, -0.15) is 0 Å². The van der Waals surface area contributed by atoms with Gasteiger partial charge in [0.15, 0.2) is 12.4 Å². The second kappa shape index (κ2) is 7.32. The van der Waals surface area contributed by atoms with Crippen LogP contribution in [0, 0.1) is 16.0 Å². The summed E-state index contributed by atoms with van der Waals surface area (Å²) in [5.41, 5.74) is -0.235. The number of ether oxygens (including phenoxy) is 2. The summed E-state index contributed by atoms with van der Waals surface area (Å²) in [7, 11) is 1.42. The van der Waals surface area contributed by atoms with E-state index in [1.165, 1.54) is 25.3 Å². The van der Waals surface area contributed by atoms with Crippen molar-refractivity contribution in [3.8, 4) is 11.5 Å². The zero-order valence-electron chi connectivity index (χ0n) is 11.7. The van der Waals surface area contributed by atoms with Crippen LogP contribution in [0.15, 0.2) is 18.2 Å². The van der Waals surface area contributed by atoms with Crippen LogP contribution in [-0.2, 0) is 4.79 Å². The first-order valence-corrected chi connectivity index (χ1v) is 6.16. The number of nitro groups is 1. The Morgan fingerprint density at radius 3 is 2.70 bits per heavy atom. The molecule has 0 radical (unpaired) electrons. The summed E-state index contributed by atoms with van der Waals surface area (Å²) < 4.78 is 10.1. The summed E-state index contributed by atoms with van der Waals surface area (Å²) in [6.45, 7) is 4.21. The number of methoxy groups -OCH3 is 1. The molecule has 1 aromatic rings. The molecule has 0 heterocycles. The van der Waals surface area contributed by atoms with E-state index in [1.807, 2.05) is 13.8 Å². The van der Waals surface area contributed by atoms with Gasteiger partial charge in [0.1, 0.15) is 5.75 Å². The van der Waals surface area contributed by atoms with Crippen LogP contribution in [0.4, 0.5) is 5.69 Å². The molecule has 0 saturated heterocycles. The number of nitrogens with zero attached hydrogens (tertiary/aromatic N) is 1. The van der Waals surface area contributed by atoms with Crippen molar-refractivity contribution in [1.29, 1.82) is 0 Å². The molecular weight excluding hydrogens is 264 g/mol. The lowest BCUT2D eigenvalue weighted by molar-refractivity contribution is -0.385. The predicted molar refractivity (Wildman–Crippen MR) is 73.0 cm³/mol. The normalized spacial score (nSPS) is 10.2. The molecule has 20 heavy (non-hydrogen) atoms. The lowest BCUT2D eigenvalue weighted by atomic mass is 10.2. The van der Waals surface area contributed by atoms with E-state index < -0.39 is 4.92 Å². The fourth-order valence-corrected chi connectivity index (χ4v) is 1.40. The van der Waals surface area contributed by atoms with Gasteiger partial charge in [-0.3, -0.25) is 14.9 Å². The van der Waals surface area contributed by atoms with Crippen molar-refractivity contribution >= 4 is 11.6 Å².